The Balaban J connectivity index is 2.28. The van der Waals surface area contributed by atoms with E-state index in [4.69, 9.17) is 5.73 Å². The fourth-order valence-electron chi connectivity index (χ4n) is 2.15. The summed E-state index contributed by atoms with van der Waals surface area (Å²) >= 11 is 1.83. The van der Waals surface area contributed by atoms with Crippen molar-refractivity contribution in [3.8, 4) is 0 Å². The van der Waals surface area contributed by atoms with Crippen molar-refractivity contribution in [2.24, 2.45) is 0 Å². The Morgan fingerprint density at radius 3 is 2.70 bits per heavy atom. The number of anilines is 2. The van der Waals surface area contributed by atoms with Crippen molar-refractivity contribution in [2.75, 3.05) is 29.5 Å². The van der Waals surface area contributed by atoms with E-state index in [1.165, 1.54) is 0 Å². The van der Waals surface area contributed by atoms with Gasteiger partial charge in [-0.1, -0.05) is 13.8 Å². The van der Waals surface area contributed by atoms with Gasteiger partial charge in [0.1, 0.15) is 5.69 Å². The Kier molecular flexibility index (Phi) is 4.09. The maximum Gasteiger partial charge on any atom is 0.433 e. The van der Waals surface area contributed by atoms with E-state index in [1.807, 2.05) is 16.7 Å². The van der Waals surface area contributed by atoms with Gasteiger partial charge in [0.05, 0.1) is 17.6 Å². The van der Waals surface area contributed by atoms with Gasteiger partial charge in [-0.05, 0) is 12.5 Å². The SMILES string of the molecule is CC1(C)CCN(c2cc(C(F)(F)F)ncc2N)CCS1. The van der Waals surface area contributed by atoms with E-state index in [0.717, 1.165) is 24.4 Å². The molecule has 1 aliphatic rings. The van der Waals surface area contributed by atoms with E-state index in [9.17, 15) is 13.2 Å². The van der Waals surface area contributed by atoms with Gasteiger partial charge in [0.2, 0.25) is 0 Å². The van der Waals surface area contributed by atoms with Crippen LogP contribution in [0.2, 0.25) is 0 Å². The normalized spacial score (nSPS) is 19.8. The van der Waals surface area contributed by atoms with E-state index in [1.54, 1.807) is 0 Å². The molecule has 1 aromatic heterocycles. The van der Waals surface area contributed by atoms with Crippen LogP contribution in [0.4, 0.5) is 24.5 Å². The first-order valence-corrected chi connectivity index (χ1v) is 7.39. The molecule has 2 rings (SSSR count). The molecule has 0 unspecified atom stereocenters. The van der Waals surface area contributed by atoms with Gasteiger partial charge < -0.3 is 10.6 Å². The first-order chi connectivity index (χ1) is 9.19. The molecule has 1 saturated heterocycles. The van der Waals surface area contributed by atoms with Crippen LogP contribution in [0.15, 0.2) is 12.3 Å². The highest BCUT2D eigenvalue weighted by Gasteiger charge is 2.34. The third-order valence-electron chi connectivity index (χ3n) is 3.38. The van der Waals surface area contributed by atoms with E-state index in [-0.39, 0.29) is 4.75 Å². The zero-order chi connectivity index (χ0) is 15.0. The molecule has 3 nitrogen and oxygen atoms in total. The molecule has 112 valence electrons. The van der Waals surface area contributed by atoms with Crippen molar-refractivity contribution in [3.05, 3.63) is 18.0 Å². The number of hydrogen-bond donors (Lipinski definition) is 1. The van der Waals surface area contributed by atoms with Crippen molar-refractivity contribution >= 4 is 23.1 Å². The molecule has 1 aliphatic heterocycles. The summed E-state index contributed by atoms with van der Waals surface area (Å²) in [4.78, 5) is 5.30. The second-order valence-corrected chi connectivity index (χ2v) is 7.27. The lowest BCUT2D eigenvalue weighted by Gasteiger charge is -2.25. The lowest BCUT2D eigenvalue weighted by Crippen LogP contribution is -2.28. The van der Waals surface area contributed by atoms with Crippen LogP contribution in [0.3, 0.4) is 0 Å². The van der Waals surface area contributed by atoms with Gasteiger partial charge >= 0.3 is 6.18 Å². The number of thioether (sulfide) groups is 1. The first kappa shape index (κ1) is 15.3. The van der Waals surface area contributed by atoms with Crippen LogP contribution in [-0.4, -0.2) is 28.6 Å². The Bertz CT molecular complexity index is 488. The minimum Gasteiger partial charge on any atom is -0.396 e. The Labute approximate surface area is 120 Å². The number of alkyl halides is 3. The molecule has 2 N–H and O–H groups in total. The molecule has 1 aromatic rings. The zero-order valence-electron chi connectivity index (χ0n) is 11.5. The van der Waals surface area contributed by atoms with Gasteiger partial charge in [-0.25, -0.2) is 4.98 Å². The van der Waals surface area contributed by atoms with Gasteiger partial charge in [0.15, 0.2) is 0 Å². The van der Waals surface area contributed by atoms with Gasteiger partial charge in [0, 0.05) is 23.6 Å². The Morgan fingerprint density at radius 2 is 2.05 bits per heavy atom. The summed E-state index contributed by atoms with van der Waals surface area (Å²) < 4.78 is 38.4. The van der Waals surface area contributed by atoms with Gasteiger partial charge in [-0.3, -0.25) is 0 Å². The average molecular weight is 305 g/mol. The second-order valence-electron chi connectivity index (χ2n) is 5.47. The predicted octanol–water partition coefficient (Wildman–Crippen LogP) is 3.40. The highest BCUT2D eigenvalue weighted by Crippen LogP contribution is 2.36. The molecule has 0 atom stereocenters. The Morgan fingerprint density at radius 1 is 1.35 bits per heavy atom. The van der Waals surface area contributed by atoms with E-state index in [2.05, 4.69) is 18.8 Å². The minimum absolute atomic E-state index is 0.142. The molecule has 0 saturated carbocycles. The summed E-state index contributed by atoms with van der Waals surface area (Å²) in [5.74, 6) is 0.871. The van der Waals surface area contributed by atoms with Crippen LogP contribution >= 0.6 is 11.8 Å². The standard InChI is InChI=1S/C13H18F3N3S/c1-12(2)3-4-19(5-6-20-12)10-7-11(13(14,15)16)18-8-9(10)17/h7-8H,3-6,17H2,1-2H3. The molecule has 1 fully saturated rings. The van der Waals surface area contributed by atoms with Crippen molar-refractivity contribution in [3.63, 3.8) is 0 Å². The number of rotatable bonds is 1. The topological polar surface area (TPSA) is 42.2 Å². The summed E-state index contributed by atoms with van der Waals surface area (Å²) in [7, 11) is 0. The molecule has 0 aliphatic carbocycles. The molecule has 2 heterocycles. The maximum atomic E-state index is 12.7. The van der Waals surface area contributed by atoms with Gasteiger partial charge in [0.25, 0.3) is 0 Å². The number of hydrogen-bond acceptors (Lipinski definition) is 4. The molecule has 0 bridgehead atoms. The molecule has 7 heteroatoms. The predicted molar refractivity (Wildman–Crippen MR) is 77.0 cm³/mol. The number of pyridine rings is 1. The highest BCUT2D eigenvalue weighted by atomic mass is 32.2. The maximum absolute atomic E-state index is 12.7. The summed E-state index contributed by atoms with van der Waals surface area (Å²) in [5.41, 5.74) is 5.64. The van der Waals surface area contributed by atoms with Crippen LogP contribution in [0.5, 0.6) is 0 Å². The quantitative estimate of drug-likeness (QED) is 0.863. The summed E-state index contributed by atoms with van der Waals surface area (Å²) in [6.07, 6.45) is -2.44. The molecule has 20 heavy (non-hydrogen) atoms. The fraction of sp³-hybridized carbons (Fsp3) is 0.615. The van der Waals surface area contributed by atoms with Crippen molar-refractivity contribution in [2.45, 2.75) is 31.2 Å². The summed E-state index contributed by atoms with van der Waals surface area (Å²) in [5, 5.41) is 0. The van der Waals surface area contributed by atoms with E-state index in [0.29, 0.717) is 24.5 Å². The molecule has 0 amide bonds. The Hall–Kier alpha value is -1.11. The van der Waals surface area contributed by atoms with Crippen LogP contribution in [0.25, 0.3) is 0 Å². The third-order valence-corrected chi connectivity index (χ3v) is 4.75. The lowest BCUT2D eigenvalue weighted by molar-refractivity contribution is -0.141. The van der Waals surface area contributed by atoms with Crippen molar-refractivity contribution in [1.82, 2.24) is 4.98 Å². The van der Waals surface area contributed by atoms with Crippen LogP contribution in [0.1, 0.15) is 26.0 Å². The van der Waals surface area contributed by atoms with Gasteiger partial charge in [-0.2, -0.15) is 24.9 Å². The van der Waals surface area contributed by atoms with Gasteiger partial charge in [-0.15, -0.1) is 0 Å². The lowest BCUT2D eigenvalue weighted by atomic mass is 10.1. The number of aromatic nitrogens is 1. The average Bonchev–Trinajstić information content (AvgIpc) is 2.49. The monoisotopic (exact) mass is 305 g/mol. The summed E-state index contributed by atoms with van der Waals surface area (Å²) in [6, 6.07) is 1.05. The number of nitrogen functional groups attached to an aromatic ring is 1. The molecular weight excluding hydrogens is 287 g/mol. The molecular formula is C13H18F3N3S. The number of nitrogens with two attached hydrogens (primary N) is 1. The second kappa shape index (κ2) is 5.35. The zero-order valence-corrected chi connectivity index (χ0v) is 12.3. The van der Waals surface area contributed by atoms with Crippen molar-refractivity contribution < 1.29 is 13.2 Å². The largest absolute Gasteiger partial charge is 0.433 e. The van der Waals surface area contributed by atoms with E-state index >= 15 is 0 Å². The fourth-order valence-corrected chi connectivity index (χ4v) is 3.25. The van der Waals surface area contributed by atoms with Crippen molar-refractivity contribution in [1.29, 1.82) is 0 Å². The van der Waals surface area contributed by atoms with E-state index < -0.39 is 11.9 Å². The molecule has 0 spiro atoms. The smallest absolute Gasteiger partial charge is 0.396 e. The number of nitrogens with zero attached hydrogens (tertiary/aromatic N) is 2. The highest BCUT2D eigenvalue weighted by molar-refractivity contribution is 8.00. The summed E-state index contributed by atoms with van der Waals surface area (Å²) in [6.45, 7) is 5.70. The first-order valence-electron chi connectivity index (χ1n) is 6.41. The van der Waals surface area contributed by atoms with Crippen LogP contribution in [0, 0.1) is 0 Å². The minimum atomic E-state index is -4.44. The van der Waals surface area contributed by atoms with Crippen LogP contribution < -0.4 is 10.6 Å². The molecule has 0 aromatic carbocycles. The van der Waals surface area contributed by atoms with Crippen LogP contribution in [-0.2, 0) is 6.18 Å². The third kappa shape index (κ3) is 3.50. The number of halogens is 3. The molecule has 0 radical (unpaired) electrons.